The molecule has 0 unspecified atom stereocenters. The summed E-state index contributed by atoms with van der Waals surface area (Å²) in [6.07, 6.45) is 4.92. The zero-order valence-electron chi connectivity index (χ0n) is 12.9. The second kappa shape index (κ2) is 8.21. The molecule has 0 saturated carbocycles. The van der Waals surface area contributed by atoms with E-state index < -0.39 is 0 Å². The summed E-state index contributed by atoms with van der Waals surface area (Å²) < 4.78 is 5.66. The first-order chi connectivity index (χ1) is 9.60. The maximum Gasteiger partial charge on any atom is 0.127 e. The zero-order chi connectivity index (χ0) is 15.0. The van der Waals surface area contributed by atoms with Crippen molar-refractivity contribution in [1.82, 2.24) is 0 Å². The smallest absolute Gasteiger partial charge is 0.127 e. The molecule has 0 amide bonds. The third-order valence-electron chi connectivity index (χ3n) is 2.94. The van der Waals surface area contributed by atoms with Crippen LogP contribution < -0.4 is 4.74 Å². The summed E-state index contributed by atoms with van der Waals surface area (Å²) in [7, 11) is 0. The molecule has 106 valence electrons. The number of rotatable bonds is 3. The molecule has 1 nitrogen and oxygen atoms in total. The quantitative estimate of drug-likeness (QED) is 0.487. The average molecular weight is 268 g/mol. The molecule has 0 spiro atoms. The van der Waals surface area contributed by atoms with Crippen molar-refractivity contribution in [3.05, 3.63) is 66.5 Å². The van der Waals surface area contributed by atoms with Gasteiger partial charge in [0.15, 0.2) is 0 Å². The number of hydrogen-bond donors (Lipinski definition) is 0. The monoisotopic (exact) mass is 268 g/mol. The number of aryl methyl sites for hydroxylation is 1. The summed E-state index contributed by atoms with van der Waals surface area (Å²) in [5.74, 6) is 1.82. The van der Waals surface area contributed by atoms with Crippen LogP contribution in [0.15, 0.2) is 60.9 Å². The van der Waals surface area contributed by atoms with E-state index in [0.29, 0.717) is 0 Å². The van der Waals surface area contributed by atoms with E-state index in [1.54, 1.807) is 0 Å². The van der Waals surface area contributed by atoms with Crippen LogP contribution in [-0.2, 0) is 0 Å². The highest BCUT2D eigenvalue weighted by molar-refractivity contribution is 5.84. The minimum absolute atomic E-state index is 0.895. The van der Waals surface area contributed by atoms with Gasteiger partial charge >= 0.3 is 0 Å². The Bertz CT molecular complexity index is 594. The minimum Gasteiger partial charge on any atom is -0.462 e. The van der Waals surface area contributed by atoms with Gasteiger partial charge in [0, 0.05) is 0 Å². The summed E-state index contributed by atoms with van der Waals surface area (Å²) in [5.41, 5.74) is 1.28. The predicted molar refractivity (Wildman–Crippen MR) is 89.2 cm³/mol. The van der Waals surface area contributed by atoms with Gasteiger partial charge in [-0.1, -0.05) is 42.8 Å². The van der Waals surface area contributed by atoms with Gasteiger partial charge in [-0.2, -0.15) is 0 Å². The maximum absolute atomic E-state index is 5.66. The van der Waals surface area contributed by atoms with Gasteiger partial charge in [-0.25, -0.2) is 0 Å². The fraction of sp³-hybridized carbons (Fsp3) is 0.263. The van der Waals surface area contributed by atoms with E-state index in [-0.39, 0.29) is 0 Å². The lowest BCUT2D eigenvalue weighted by Crippen LogP contribution is -1.89. The van der Waals surface area contributed by atoms with Gasteiger partial charge < -0.3 is 4.74 Å². The highest BCUT2D eigenvalue weighted by Gasteiger charge is 1.98. The van der Waals surface area contributed by atoms with Gasteiger partial charge in [-0.15, -0.1) is 6.58 Å². The number of hydrogen-bond acceptors (Lipinski definition) is 1. The van der Waals surface area contributed by atoms with Crippen LogP contribution in [0.4, 0.5) is 0 Å². The third kappa shape index (κ3) is 4.93. The van der Waals surface area contributed by atoms with Gasteiger partial charge in [-0.05, 0) is 56.2 Å². The highest BCUT2D eigenvalue weighted by atomic mass is 16.5. The van der Waals surface area contributed by atoms with Crippen LogP contribution in [0.1, 0.15) is 32.8 Å². The molecule has 2 aromatic rings. The Balaban J connectivity index is 0.000000444. The van der Waals surface area contributed by atoms with Crippen molar-refractivity contribution in [2.24, 2.45) is 0 Å². The summed E-state index contributed by atoms with van der Waals surface area (Å²) in [5, 5.41) is 2.47. The molecular weight excluding hydrogens is 244 g/mol. The zero-order valence-corrected chi connectivity index (χ0v) is 12.9. The van der Waals surface area contributed by atoms with Gasteiger partial charge in [0.1, 0.15) is 5.75 Å². The number of ether oxygens (including phenoxy) is 1. The lowest BCUT2D eigenvalue weighted by molar-refractivity contribution is 0.427. The average Bonchev–Trinajstić information content (AvgIpc) is 2.47. The molecule has 0 aliphatic rings. The lowest BCUT2D eigenvalue weighted by Gasteiger charge is -2.07. The molecule has 0 atom stereocenters. The van der Waals surface area contributed by atoms with E-state index in [0.717, 1.165) is 17.9 Å². The number of allylic oxidation sites excluding steroid dienone is 3. The Morgan fingerprint density at radius 1 is 1.15 bits per heavy atom. The van der Waals surface area contributed by atoms with Crippen LogP contribution in [0.25, 0.3) is 10.8 Å². The molecule has 0 fully saturated rings. The number of benzene rings is 2. The summed E-state index contributed by atoms with van der Waals surface area (Å²) in [6, 6.07) is 12.6. The fourth-order valence-electron chi connectivity index (χ4n) is 1.65. The molecule has 0 saturated heterocycles. The molecule has 0 N–H and O–H groups in total. The Kier molecular flexibility index (Phi) is 6.58. The van der Waals surface area contributed by atoms with Gasteiger partial charge in [0.25, 0.3) is 0 Å². The first kappa shape index (κ1) is 16.0. The molecule has 0 heterocycles. The van der Waals surface area contributed by atoms with E-state index in [9.17, 15) is 0 Å². The van der Waals surface area contributed by atoms with Crippen molar-refractivity contribution in [2.75, 3.05) is 0 Å². The Morgan fingerprint density at radius 3 is 2.35 bits per heavy atom. The topological polar surface area (TPSA) is 9.23 Å². The maximum atomic E-state index is 5.66. The van der Waals surface area contributed by atoms with Crippen LogP contribution in [0.3, 0.4) is 0 Å². The molecule has 0 aliphatic heterocycles. The molecule has 1 heteroatoms. The van der Waals surface area contributed by atoms with Crippen molar-refractivity contribution >= 4 is 10.8 Å². The lowest BCUT2D eigenvalue weighted by atomic mass is 10.1. The van der Waals surface area contributed by atoms with Gasteiger partial charge in [-0.3, -0.25) is 0 Å². The second-order valence-electron chi connectivity index (χ2n) is 4.71. The second-order valence-corrected chi connectivity index (χ2v) is 4.71. The van der Waals surface area contributed by atoms with E-state index >= 15 is 0 Å². The van der Waals surface area contributed by atoms with E-state index in [2.05, 4.69) is 50.8 Å². The predicted octanol–water partition coefficient (Wildman–Crippen LogP) is 6.03. The van der Waals surface area contributed by atoms with Gasteiger partial charge in [0.05, 0.1) is 5.76 Å². The molecule has 0 aliphatic carbocycles. The Hall–Kier alpha value is -2.02. The van der Waals surface area contributed by atoms with Crippen LogP contribution in [0.2, 0.25) is 0 Å². The molecule has 0 aromatic heterocycles. The Labute approximate surface area is 122 Å². The molecule has 2 aromatic carbocycles. The van der Waals surface area contributed by atoms with Crippen LogP contribution >= 0.6 is 0 Å². The largest absolute Gasteiger partial charge is 0.462 e. The summed E-state index contributed by atoms with van der Waals surface area (Å²) in [6.45, 7) is 11.6. The summed E-state index contributed by atoms with van der Waals surface area (Å²) >= 11 is 0. The molecule has 0 radical (unpaired) electrons. The van der Waals surface area contributed by atoms with Crippen molar-refractivity contribution in [3.8, 4) is 5.75 Å². The standard InChI is InChI=1S/C15H16O.C4H8/c1-4-12(3)16-15-8-7-13-9-11(2)5-6-14(13)10-15;1-3-4-2/h4-10H,1-3H3;3H,1,4H2,2H3/b12-4+;. The molecule has 2 rings (SSSR count). The molecule has 0 bridgehead atoms. The SMILES string of the molecule is C/C=C(\C)Oc1ccc2cc(C)ccc2c1.C=CCC. The van der Waals surface area contributed by atoms with Crippen molar-refractivity contribution < 1.29 is 4.74 Å². The Morgan fingerprint density at radius 2 is 1.75 bits per heavy atom. The number of fused-ring (bicyclic) bond motifs is 1. The molecular formula is C19H24O. The van der Waals surface area contributed by atoms with Crippen LogP contribution in [0.5, 0.6) is 5.75 Å². The van der Waals surface area contributed by atoms with E-state index in [4.69, 9.17) is 4.74 Å². The van der Waals surface area contributed by atoms with Crippen LogP contribution in [0, 0.1) is 6.92 Å². The third-order valence-corrected chi connectivity index (χ3v) is 2.94. The van der Waals surface area contributed by atoms with Crippen molar-refractivity contribution in [3.63, 3.8) is 0 Å². The van der Waals surface area contributed by atoms with Gasteiger partial charge in [0.2, 0.25) is 0 Å². The van der Waals surface area contributed by atoms with Crippen molar-refractivity contribution in [1.29, 1.82) is 0 Å². The molecule has 20 heavy (non-hydrogen) atoms. The normalized spacial score (nSPS) is 10.7. The minimum atomic E-state index is 0.895. The van der Waals surface area contributed by atoms with Crippen molar-refractivity contribution in [2.45, 2.75) is 34.1 Å². The first-order valence-corrected chi connectivity index (χ1v) is 7.02. The first-order valence-electron chi connectivity index (χ1n) is 7.02. The fourth-order valence-corrected chi connectivity index (χ4v) is 1.65. The highest BCUT2D eigenvalue weighted by Crippen LogP contribution is 2.23. The van der Waals surface area contributed by atoms with E-state index in [1.165, 1.54) is 16.3 Å². The summed E-state index contributed by atoms with van der Waals surface area (Å²) in [4.78, 5) is 0. The van der Waals surface area contributed by atoms with E-state index in [1.807, 2.05) is 32.1 Å². The van der Waals surface area contributed by atoms with Crippen LogP contribution in [-0.4, -0.2) is 0 Å².